The van der Waals surface area contributed by atoms with Crippen molar-refractivity contribution in [1.29, 1.82) is 0 Å². The molecule has 0 radical (unpaired) electrons. The van der Waals surface area contributed by atoms with Gasteiger partial charge in [0.1, 0.15) is 12.3 Å². The maximum Gasteiger partial charge on any atom is 0.246 e. The van der Waals surface area contributed by atoms with E-state index in [0.29, 0.717) is 18.3 Å². The van der Waals surface area contributed by atoms with Crippen LogP contribution in [0.2, 0.25) is 0 Å². The van der Waals surface area contributed by atoms with Crippen LogP contribution in [-0.2, 0) is 11.3 Å². The molecule has 128 valence electrons. The average molecular weight is 329 g/mol. The number of benzene rings is 1. The summed E-state index contributed by atoms with van der Waals surface area (Å²) in [6.45, 7) is 10.0. The summed E-state index contributed by atoms with van der Waals surface area (Å²) in [5.41, 5.74) is 0.338. The molecule has 1 aromatic carbocycles. The van der Waals surface area contributed by atoms with Crippen molar-refractivity contribution in [3.63, 3.8) is 0 Å². The summed E-state index contributed by atoms with van der Waals surface area (Å²) in [4.78, 5) is 18.5. The Kier molecular flexibility index (Phi) is 5.39. The van der Waals surface area contributed by atoms with E-state index in [2.05, 4.69) is 16.7 Å². The lowest BCUT2D eigenvalue weighted by Crippen LogP contribution is -2.39. The van der Waals surface area contributed by atoms with Gasteiger partial charge in [0.2, 0.25) is 17.6 Å². The molecule has 0 saturated heterocycles. The van der Waals surface area contributed by atoms with Gasteiger partial charge in [-0.2, -0.15) is 4.98 Å². The molecule has 1 heterocycles. The quantitative estimate of drug-likeness (QED) is 0.761. The van der Waals surface area contributed by atoms with Crippen molar-refractivity contribution in [3.05, 3.63) is 42.8 Å². The van der Waals surface area contributed by atoms with Gasteiger partial charge in [-0.05, 0) is 24.3 Å². The molecule has 0 unspecified atom stereocenters. The third-order valence-corrected chi connectivity index (χ3v) is 3.42. The standard InChI is InChI=1S/C18H23N3O3/c1-6-11-21(17(22)18(2,3)4)12-15-19-16(20-24-15)13-7-9-14(23-5)10-8-13/h6-10H,1,11-12H2,2-5H3. The molecule has 0 saturated carbocycles. The van der Waals surface area contributed by atoms with Crippen molar-refractivity contribution < 1.29 is 14.1 Å². The van der Waals surface area contributed by atoms with Gasteiger partial charge in [0, 0.05) is 17.5 Å². The predicted octanol–water partition coefficient (Wildman–Crippen LogP) is 3.31. The molecule has 2 aromatic rings. The second-order valence-corrected chi connectivity index (χ2v) is 6.46. The van der Waals surface area contributed by atoms with Gasteiger partial charge in [0.25, 0.3) is 0 Å². The first-order chi connectivity index (χ1) is 11.3. The molecule has 0 N–H and O–H groups in total. The van der Waals surface area contributed by atoms with E-state index in [1.807, 2.05) is 45.0 Å². The summed E-state index contributed by atoms with van der Waals surface area (Å²) in [5, 5.41) is 3.99. The minimum absolute atomic E-state index is 0.00611. The van der Waals surface area contributed by atoms with Crippen molar-refractivity contribution in [1.82, 2.24) is 15.0 Å². The van der Waals surface area contributed by atoms with Crippen molar-refractivity contribution in [2.45, 2.75) is 27.3 Å². The Morgan fingerprint density at radius 1 is 1.33 bits per heavy atom. The average Bonchev–Trinajstić information content (AvgIpc) is 3.01. The molecule has 6 nitrogen and oxygen atoms in total. The van der Waals surface area contributed by atoms with Crippen molar-refractivity contribution in [2.24, 2.45) is 5.41 Å². The van der Waals surface area contributed by atoms with Gasteiger partial charge in [-0.3, -0.25) is 4.79 Å². The van der Waals surface area contributed by atoms with Gasteiger partial charge in [0.15, 0.2) is 0 Å². The first kappa shape index (κ1) is 17.7. The largest absolute Gasteiger partial charge is 0.497 e. The van der Waals surface area contributed by atoms with E-state index < -0.39 is 5.41 Å². The normalized spacial score (nSPS) is 11.2. The Bertz CT molecular complexity index is 699. The summed E-state index contributed by atoms with van der Waals surface area (Å²) in [6, 6.07) is 7.38. The van der Waals surface area contributed by atoms with Gasteiger partial charge in [-0.1, -0.05) is 32.0 Å². The van der Waals surface area contributed by atoms with Crippen LogP contribution in [0, 0.1) is 5.41 Å². The molecule has 6 heteroatoms. The summed E-state index contributed by atoms with van der Waals surface area (Å²) in [7, 11) is 1.61. The molecule has 0 spiro atoms. The number of carbonyl (C=O) groups is 1. The fourth-order valence-electron chi connectivity index (χ4n) is 2.19. The number of ether oxygens (including phenoxy) is 1. The SMILES string of the molecule is C=CCN(Cc1nc(-c2ccc(OC)cc2)no1)C(=O)C(C)(C)C. The third-order valence-electron chi connectivity index (χ3n) is 3.42. The number of amides is 1. The maximum atomic E-state index is 12.5. The lowest BCUT2D eigenvalue weighted by atomic mass is 9.94. The van der Waals surface area contributed by atoms with Crippen LogP contribution in [0.1, 0.15) is 26.7 Å². The third kappa shape index (κ3) is 4.22. The molecule has 0 atom stereocenters. The molecule has 0 fully saturated rings. The zero-order valence-electron chi connectivity index (χ0n) is 14.6. The number of hydrogen-bond donors (Lipinski definition) is 0. The zero-order chi connectivity index (χ0) is 17.7. The highest BCUT2D eigenvalue weighted by Crippen LogP contribution is 2.22. The van der Waals surface area contributed by atoms with Crippen molar-refractivity contribution in [2.75, 3.05) is 13.7 Å². The van der Waals surface area contributed by atoms with Crippen LogP contribution in [-0.4, -0.2) is 34.6 Å². The molecule has 24 heavy (non-hydrogen) atoms. The molecule has 0 aliphatic rings. The molecule has 0 aliphatic carbocycles. The lowest BCUT2D eigenvalue weighted by Gasteiger charge is -2.27. The van der Waals surface area contributed by atoms with Crippen LogP contribution >= 0.6 is 0 Å². The summed E-state index contributed by atoms with van der Waals surface area (Å²) < 4.78 is 10.4. The number of rotatable bonds is 6. The first-order valence-electron chi connectivity index (χ1n) is 7.72. The number of methoxy groups -OCH3 is 1. The van der Waals surface area contributed by atoms with E-state index in [1.165, 1.54) is 0 Å². The molecular formula is C18H23N3O3. The monoisotopic (exact) mass is 329 g/mol. The fourth-order valence-corrected chi connectivity index (χ4v) is 2.19. The van der Waals surface area contributed by atoms with E-state index in [1.54, 1.807) is 18.1 Å². The highest BCUT2D eigenvalue weighted by Gasteiger charge is 2.27. The second-order valence-electron chi connectivity index (χ2n) is 6.46. The molecule has 0 bridgehead atoms. The predicted molar refractivity (Wildman–Crippen MR) is 91.4 cm³/mol. The Morgan fingerprint density at radius 2 is 2.00 bits per heavy atom. The summed E-state index contributed by atoms with van der Waals surface area (Å²) in [5.74, 6) is 1.64. The Balaban J connectivity index is 2.16. The van der Waals surface area contributed by atoms with Gasteiger partial charge in [0.05, 0.1) is 7.11 Å². The highest BCUT2D eigenvalue weighted by molar-refractivity contribution is 5.81. The number of carbonyl (C=O) groups excluding carboxylic acids is 1. The van der Waals surface area contributed by atoms with E-state index in [4.69, 9.17) is 9.26 Å². The summed E-state index contributed by atoms with van der Waals surface area (Å²) in [6.07, 6.45) is 1.68. The van der Waals surface area contributed by atoms with Crippen molar-refractivity contribution >= 4 is 5.91 Å². The van der Waals surface area contributed by atoms with Crippen molar-refractivity contribution in [3.8, 4) is 17.1 Å². The second kappa shape index (κ2) is 7.29. The minimum Gasteiger partial charge on any atom is -0.497 e. The minimum atomic E-state index is -0.484. The Morgan fingerprint density at radius 3 is 2.54 bits per heavy atom. The fraction of sp³-hybridized carbons (Fsp3) is 0.389. The highest BCUT2D eigenvalue weighted by atomic mass is 16.5. The first-order valence-corrected chi connectivity index (χ1v) is 7.72. The molecule has 1 amide bonds. The van der Waals surface area contributed by atoms with E-state index >= 15 is 0 Å². The van der Waals surface area contributed by atoms with Crippen LogP contribution in [0.3, 0.4) is 0 Å². The molecular weight excluding hydrogens is 306 g/mol. The van der Waals surface area contributed by atoms with Crippen LogP contribution in [0.4, 0.5) is 0 Å². The number of hydrogen-bond acceptors (Lipinski definition) is 5. The van der Waals surface area contributed by atoms with Gasteiger partial charge in [-0.15, -0.1) is 6.58 Å². The van der Waals surface area contributed by atoms with Gasteiger partial charge >= 0.3 is 0 Å². The van der Waals surface area contributed by atoms with Crippen LogP contribution in [0.25, 0.3) is 11.4 Å². The van der Waals surface area contributed by atoms with Crippen LogP contribution < -0.4 is 4.74 Å². The lowest BCUT2D eigenvalue weighted by molar-refractivity contribution is -0.139. The van der Waals surface area contributed by atoms with E-state index in [9.17, 15) is 4.79 Å². The molecule has 0 aliphatic heterocycles. The smallest absolute Gasteiger partial charge is 0.246 e. The van der Waals surface area contributed by atoms with Crippen LogP contribution in [0.15, 0.2) is 41.4 Å². The Hall–Kier alpha value is -2.63. The molecule has 2 rings (SSSR count). The van der Waals surface area contributed by atoms with Gasteiger partial charge < -0.3 is 14.2 Å². The van der Waals surface area contributed by atoms with Gasteiger partial charge in [-0.25, -0.2) is 0 Å². The maximum absolute atomic E-state index is 12.5. The molecule has 1 aromatic heterocycles. The van der Waals surface area contributed by atoms with E-state index in [0.717, 1.165) is 11.3 Å². The summed E-state index contributed by atoms with van der Waals surface area (Å²) >= 11 is 0. The number of nitrogens with zero attached hydrogens (tertiary/aromatic N) is 3. The zero-order valence-corrected chi connectivity index (χ0v) is 14.6. The topological polar surface area (TPSA) is 68.5 Å². The Labute approximate surface area is 142 Å². The van der Waals surface area contributed by atoms with Crippen LogP contribution in [0.5, 0.6) is 5.75 Å². The van der Waals surface area contributed by atoms with E-state index in [-0.39, 0.29) is 12.5 Å². The number of aromatic nitrogens is 2.